The maximum absolute atomic E-state index is 11.4. The van der Waals surface area contributed by atoms with Crippen LogP contribution < -0.4 is 10.5 Å². The van der Waals surface area contributed by atoms with Gasteiger partial charge in [-0.2, -0.15) is 0 Å². The summed E-state index contributed by atoms with van der Waals surface area (Å²) in [5, 5.41) is 4.86. The molecule has 0 saturated carbocycles. The molecule has 0 spiro atoms. The summed E-state index contributed by atoms with van der Waals surface area (Å²) in [5.74, 6) is 1.33. The number of nitrogens with zero attached hydrogens (tertiary/aromatic N) is 4. The fourth-order valence-electron chi connectivity index (χ4n) is 3.79. The fourth-order valence-corrected chi connectivity index (χ4v) is 4.08. The third kappa shape index (κ3) is 4.15. The number of ether oxygens (including phenoxy) is 1. The highest BCUT2D eigenvalue weighted by atomic mass is 32.1. The van der Waals surface area contributed by atoms with Crippen molar-refractivity contribution in [2.24, 2.45) is 11.7 Å². The number of hydrogen-bond donors (Lipinski definition) is 1. The standard InChI is InChI=1S/C22H25N5O2S/c1-29-19-9-7-17(8-10-19)21-24-26(15-25-13-11-16(12-14-25)20(23)28)22(30)27(21)18-5-3-2-4-6-18/h2-10,16H,11-15H2,1H3,(H2,23,28). The monoisotopic (exact) mass is 423 g/mol. The third-order valence-corrected chi connectivity index (χ3v) is 5.92. The first-order chi connectivity index (χ1) is 14.6. The van der Waals surface area contributed by atoms with E-state index in [1.165, 1.54) is 0 Å². The third-order valence-electron chi connectivity index (χ3n) is 5.53. The van der Waals surface area contributed by atoms with Gasteiger partial charge in [0.25, 0.3) is 0 Å². The molecule has 0 aliphatic carbocycles. The lowest BCUT2D eigenvalue weighted by Gasteiger charge is -2.29. The Kier molecular flexibility index (Phi) is 5.96. The van der Waals surface area contributed by atoms with Crippen LogP contribution in [0.2, 0.25) is 0 Å². The number of para-hydroxylation sites is 1. The van der Waals surface area contributed by atoms with Crippen LogP contribution in [0.5, 0.6) is 5.75 Å². The van der Waals surface area contributed by atoms with Crippen LogP contribution >= 0.6 is 12.2 Å². The molecule has 156 valence electrons. The molecule has 8 heteroatoms. The lowest BCUT2D eigenvalue weighted by Crippen LogP contribution is -2.39. The normalized spacial score (nSPS) is 15.2. The lowest BCUT2D eigenvalue weighted by molar-refractivity contribution is -0.123. The number of carbonyl (C=O) groups excluding carboxylic acids is 1. The number of amides is 1. The zero-order chi connectivity index (χ0) is 21.1. The van der Waals surface area contributed by atoms with Crippen molar-refractivity contribution in [3.05, 3.63) is 59.4 Å². The SMILES string of the molecule is COc1ccc(-c2nn(CN3CCC(C(N)=O)CC3)c(=S)n2-c2ccccc2)cc1. The van der Waals surface area contributed by atoms with Crippen LogP contribution in [0.25, 0.3) is 17.1 Å². The van der Waals surface area contributed by atoms with Gasteiger partial charge in [-0.15, -0.1) is 5.10 Å². The molecule has 30 heavy (non-hydrogen) atoms. The van der Waals surface area contributed by atoms with Gasteiger partial charge in [0.05, 0.1) is 13.8 Å². The molecule has 1 aliphatic heterocycles. The van der Waals surface area contributed by atoms with Crippen molar-refractivity contribution in [2.75, 3.05) is 20.2 Å². The molecule has 7 nitrogen and oxygen atoms in total. The van der Waals surface area contributed by atoms with Gasteiger partial charge < -0.3 is 10.5 Å². The summed E-state index contributed by atoms with van der Waals surface area (Å²) in [4.78, 5) is 13.7. The Bertz CT molecular complexity index is 1070. The molecule has 0 radical (unpaired) electrons. The van der Waals surface area contributed by atoms with Crippen molar-refractivity contribution in [1.29, 1.82) is 0 Å². The van der Waals surface area contributed by atoms with E-state index in [1.807, 2.05) is 63.8 Å². The molecule has 1 aromatic heterocycles. The van der Waals surface area contributed by atoms with Gasteiger partial charge in [-0.1, -0.05) is 18.2 Å². The largest absolute Gasteiger partial charge is 0.497 e. The van der Waals surface area contributed by atoms with Crippen LogP contribution in [0, 0.1) is 10.7 Å². The number of aromatic nitrogens is 3. The number of methoxy groups -OCH3 is 1. The highest BCUT2D eigenvalue weighted by Crippen LogP contribution is 2.25. The van der Waals surface area contributed by atoms with Crippen molar-refractivity contribution in [2.45, 2.75) is 19.5 Å². The second-order valence-corrected chi connectivity index (χ2v) is 7.81. The molecule has 2 heterocycles. The number of nitrogens with two attached hydrogens (primary N) is 1. The van der Waals surface area contributed by atoms with Crippen LogP contribution in [0.15, 0.2) is 54.6 Å². The zero-order valence-electron chi connectivity index (χ0n) is 16.9. The predicted octanol–water partition coefficient (Wildman–Crippen LogP) is 3.23. The highest BCUT2D eigenvalue weighted by molar-refractivity contribution is 7.71. The molecular weight excluding hydrogens is 398 g/mol. The van der Waals surface area contributed by atoms with Crippen LogP contribution in [0.4, 0.5) is 0 Å². The summed E-state index contributed by atoms with van der Waals surface area (Å²) in [7, 11) is 1.65. The molecule has 4 rings (SSSR count). The number of primary amides is 1. The van der Waals surface area contributed by atoms with E-state index >= 15 is 0 Å². The van der Waals surface area contributed by atoms with Gasteiger partial charge in [0, 0.05) is 30.3 Å². The van der Waals surface area contributed by atoms with E-state index in [0.717, 1.165) is 48.8 Å². The molecule has 0 bridgehead atoms. The smallest absolute Gasteiger partial charge is 0.220 e. The number of hydrogen-bond acceptors (Lipinski definition) is 5. The second kappa shape index (κ2) is 8.81. The Morgan fingerprint density at radius 1 is 1.13 bits per heavy atom. The summed E-state index contributed by atoms with van der Waals surface area (Å²) < 4.78 is 9.76. The van der Waals surface area contributed by atoms with Crippen LogP contribution in [-0.4, -0.2) is 45.4 Å². The van der Waals surface area contributed by atoms with E-state index in [0.29, 0.717) is 11.4 Å². The topological polar surface area (TPSA) is 78.3 Å². The molecule has 2 N–H and O–H groups in total. The van der Waals surface area contributed by atoms with Gasteiger partial charge in [-0.25, -0.2) is 4.68 Å². The van der Waals surface area contributed by atoms with Crippen molar-refractivity contribution >= 4 is 18.1 Å². The second-order valence-electron chi connectivity index (χ2n) is 7.44. The average Bonchev–Trinajstić information content (AvgIpc) is 3.10. The minimum Gasteiger partial charge on any atom is -0.497 e. The Morgan fingerprint density at radius 3 is 2.40 bits per heavy atom. The van der Waals surface area contributed by atoms with Crippen LogP contribution in [-0.2, 0) is 11.5 Å². The number of benzene rings is 2. The highest BCUT2D eigenvalue weighted by Gasteiger charge is 2.24. The number of likely N-dealkylation sites (tertiary alicyclic amines) is 1. The average molecular weight is 424 g/mol. The quantitative estimate of drug-likeness (QED) is 0.616. The first-order valence-corrected chi connectivity index (χ1v) is 10.4. The molecule has 1 amide bonds. The first kappa shape index (κ1) is 20.3. The van der Waals surface area contributed by atoms with E-state index < -0.39 is 0 Å². The van der Waals surface area contributed by atoms with Crippen molar-refractivity contribution < 1.29 is 9.53 Å². The summed E-state index contributed by atoms with van der Waals surface area (Å²) in [6.07, 6.45) is 1.54. The first-order valence-electron chi connectivity index (χ1n) is 9.98. The minimum atomic E-state index is -0.207. The van der Waals surface area contributed by atoms with E-state index in [-0.39, 0.29) is 11.8 Å². The molecule has 2 aromatic carbocycles. The van der Waals surface area contributed by atoms with E-state index in [2.05, 4.69) is 4.90 Å². The van der Waals surface area contributed by atoms with E-state index in [4.69, 9.17) is 27.8 Å². The van der Waals surface area contributed by atoms with Gasteiger partial charge in [0.1, 0.15) is 5.75 Å². The van der Waals surface area contributed by atoms with Crippen molar-refractivity contribution in [1.82, 2.24) is 19.2 Å². The number of carbonyl (C=O) groups is 1. The Morgan fingerprint density at radius 2 is 1.80 bits per heavy atom. The van der Waals surface area contributed by atoms with Crippen LogP contribution in [0.3, 0.4) is 0 Å². The minimum absolute atomic E-state index is 0.0361. The van der Waals surface area contributed by atoms with Crippen molar-refractivity contribution in [3.63, 3.8) is 0 Å². The molecular formula is C22H25N5O2S. The maximum Gasteiger partial charge on any atom is 0.220 e. The molecule has 3 aromatic rings. The number of rotatable bonds is 6. The zero-order valence-corrected chi connectivity index (χ0v) is 17.7. The molecule has 1 saturated heterocycles. The van der Waals surface area contributed by atoms with Crippen molar-refractivity contribution in [3.8, 4) is 22.8 Å². The molecule has 1 aliphatic rings. The van der Waals surface area contributed by atoms with Gasteiger partial charge in [-0.05, 0) is 61.5 Å². The Labute approximate surface area is 180 Å². The summed E-state index contributed by atoms with van der Waals surface area (Å²) in [6, 6.07) is 17.8. The Balaban J connectivity index is 1.68. The lowest BCUT2D eigenvalue weighted by atomic mass is 9.97. The molecule has 1 fully saturated rings. The van der Waals surface area contributed by atoms with E-state index in [1.54, 1.807) is 7.11 Å². The summed E-state index contributed by atoms with van der Waals surface area (Å²) >= 11 is 5.81. The fraction of sp³-hybridized carbons (Fsp3) is 0.318. The summed E-state index contributed by atoms with van der Waals surface area (Å²) in [5.41, 5.74) is 7.38. The summed E-state index contributed by atoms with van der Waals surface area (Å²) in [6.45, 7) is 2.17. The molecule has 0 unspecified atom stereocenters. The van der Waals surface area contributed by atoms with Gasteiger partial charge in [0.15, 0.2) is 5.82 Å². The predicted molar refractivity (Wildman–Crippen MR) is 118 cm³/mol. The number of piperidine rings is 1. The van der Waals surface area contributed by atoms with Gasteiger partial charge >= 0.3 is 0 Å². The van der Waals surface area contributed by atoms with E-state index in [9.17, 15) is 4.79 Å². The van der Waals surface area contributed by atoms with Gasteiger partial charge in [-0.3, -0.25) is 14.3 Å². The Hall–Kier alpha value is -2.97. The van der Waals surface area contributed by atoms with Crippen LogP contribution in [0.1, 0.15) is 12.8 Å². The maximum atomic E-state index is 11.4. The molecule has 0 atom stereocenters. The van der Waals surface area contributed by atoms with Gasteiger partial charge in [0.2, 0.25) is 10.7 Å².